The van der Waals surface area contributed by atoms with Crippen molar-refractivity contribution >= 4 is 35.0 Å². The Labute approximate surface area is 236 Å². The molecule has 0 amide bonds. The molecule has 2 heterocycles. The third kappa shape index (κ3) is 6.02. The lowest BCUT2D eigenvalue weighted by Gasteiger charge is -2.25. The van der Waals surface area contributed by atoms with Gasteiger partial charge < -0.3 is 19.1 Å². The molecule has 10 heteroatoms. The number of nitrogens with zero attached hydrogens (tertiary/aromatic N) is 3. The molecule has 0 bridgehead atoms. The molecular formula is C30H33N3O6S. The molecule has 1 aromatic heterocycles. The van der Waals surface area contributed by atoms with Crippen molar-refractivity contribution in [3.8, 4) is 11.5 Å². The van der Waals surface area contributed by atoms with Crippen LogP contribution in [0.1, 0.15) is 44.9 Å². The number of aromatic nitrogens is 1. The van der Waals surface area contributed by atoms with Gasteiger partial charge in [-0.2, -0.15) is 0 Å². The number of benzene rings is 2. The summed E-state index contributed by atoms with van der Waals surface area (Å²) in [5.41, 5.74) is 2.94. The van der Waals surface area contributed by atoms with Gasteiger partial charge in [-0.3, -0.25) is 14.2 Å². The van der Waals surface area contributed by atoms with E-state index >= 15 is 0 Å². The normalized spacial score (nSPS) is 15.0. The lowest BCUT2D eigenvalue weighted by atomic mass is 9.95. The summed E-state index contributed by atoms with van der Waals surface area (Å²) in [6.45, 7) is 7.16. The molecule has 0 saturated carbocycles. The fourth-order valence-corrected chi connectivity index (χ4v) is 5.38. The molecule has 0 saturated heterocycles. The monoisotopic (exact) mass is 563 g/mol. The van der Waals surface area contributed by atoms with Crippen molar-refractivity contribution in [2.75, 3.05) is 32.7 Å². The van der Waals surface area contributed by atoms with Crippen LogP contribution in [0.5, 0.6) is 11.5 Å². The van der Waals surface area contributed by atoms with E-state index in [2.05, 4.69) is 4.99 Å². The molecule has 0 aliphatic carbocycles. The largest absolute Gasteiger partial charge is 0.493 e. The number of allylic oxidation sites excluding steroid dienone is 1. The topological polar surface area (TPSA) is 99.4 Å². The average Bonchev–Trinajstić information content (AvgIpc) is 3.20. The van der Waals surface area contributed by atoms with Crippen molar-refractivity contribution in [2.24, 2.45) is 10.9 Å². The highest BCUT2D eigenvalue weighted by Gasteiger charge is 2.34. The number of esters is 2. The Morgan fingerprint density at radius 1 is 1.12 bits per heavy atom. The van der Waals surface area contributed by atoms with Gasteiger partial charge in [0.1, 0.15) is 0 Å². The Morgan fingerprint density at radius 3 is 2.42 bits per heavy atom. The predicted octanol–water partition coefficient (Wildman–Crippen LogP) is 3.43. The lowest BCUT2D eigenvalue weighted by Crippen LogP contribution is -2.40. The first kappa shape index (κ1) is 28.8. The third-order valence-electron chi connectivity index (χ3n) is 6.25. The summed E-state index contributed by atoms with van der Waals surface area (Å²) in [6, 6.07) is 12.0. The highest BCUT2D eigenvalue weighted by molar-refractivity contribution is 7.07. The highest BCUT2D eigenvalue weighted by atomic mass is 32.1. The maximum absolute atomic E-state index is 13.9. The van der Waals surface area contributed by atoms with Crippen molar-refractivity contribution in [1.29, 1.82) is 0 Å². The van der Waals surface area contributed by atoms with Gasteiger partial charge in [-0.1, -0.05) is 43.4 Å². The molecule has 40 heavy (non-hydrogen) atoms. The molecule has 1 atom stereocenters. The SMILES string of the molecule is COc1cc([C@H]2C(C(=O)OCC(C)C)=C(C)N=c3s/c(=C/c4ccc(N(C)C)cc4)c(=O)n32)ccc1OC(C)=O. The first-order valence-corrected chi connectivity index (χ1v) is 13.6. The van der Waals surface area contributed by atoms with Crippen LogP contribution < -0.4 is 29.3 Å². The second-order valence-corrected chi connectivity index (χ2v) is 11.1. The van der Waals surface area contributed by atoms with Crippen LogP contribution in [0, 0.1) is 5.92 Å². The van der Waals surface area contributed by atoms with E-state index in [-0.39, 0.29) is 29.4 Å². The minimum atomic E-state index is -0.825. The van der Waals surface area contributed by atoms with Crippen LogP contribution in [-0.4, -0.2) is 44.3 Å². The molecule has 1 aliphatic heterocycles. The van der Waals surface area contributed by atoms with Gasteiger partial charge in [-0.25, -0.2) is 9.79 Å². The molecule has 210 valence electrons. The molecule has 3 aromatic rings. The number of carbonyl (C=O) groups is 2. The van der Waals surface area contributed by atoms with Crippen LogP contribution in [-0.2, 0) is 14.3 Å². The number of fused-ring (bicyclic) bond motifs is 1. The van der Waals surface area contributed by atoms with Gasteiger partial charge in [0.05, 0.1) is 35.6 Å². The van der Waals surface area contributed by atoms with E-state index in [1.807, 2.05) is 63.2 Å². The van der Waals surface area contributed by atoms with Crippen molar-refractivity contribution in [2.45, 2.75) is 33.7 Å². The van der Waals surface area contributed by atoms with Gasteiger partial charge >= 0.3 is 11.9 Å². The summed E-state index contributed by atoms with van der Waals surface area (Å²) < 4.78 is 18.3. The number of anilines is 1. The fourth-order valence-electron chi connectivity index (χ4n) is 4.33. The van der Waals surface area contributed by atoms with Crippen LogP contribution in [0.2, 0.25) is 0 Å². The average molecular weight is 564 g/mol. The number of methoxy groups -OCH3 is 1. The minimum absolute atomic E-state index is 0.131. The first-order valence-electron chi connectivity index (χ1n) is 12.8. The standard InChI is InChI=1S/C30H33N3O6S/c1-17(2)16-38-29(36)26-18(3)31-30-33(27(26)21-10-13-23(39-19(4)34)24(15-21)37-7)28(35)25(40-30)14-20-8-11-22(12-9-20)32(5)6/h8-15,17,27H,16H2,1-7H3/b25-14+/t27-/m0/s1. The fraction of sp³-hybridized carbons (Fsp3) is 0.333. The summed E-state index contributed by atoms with van der Waals surface area (Å²) in [7, 11) is 5.39. The van der Waals surface area contributed by atoms with E-state index in [0.717, 1.165) is 11.3 Å². The molecule has 4 rings (SSSR count). The Morgan fingerprint density at radius 2 is 1.82 bits per heavy atom. The van der Waals surface area contributed by atoms with Gasteiger partial charge in [-0.15, -0.1) is 0 Å². The Hall–Kier alpha value is -4.18. The van der Waals surface area contributed by atoms with Crippen molar-refractivity contribution < 1.29 is 23.8 Å². The van der Waals surface area contributed by atoms with Crippen LogP contribution >= 0.6 is 11.3 Å². The zero-order chi connectivity index (χ0) is 29.1. The third-order valence-corrected chi connectivity index (χ3v) is 7.24. The van der Waals surface area contributed by atoms with Crippen molar-refractivity contribution in [3.63, 3.8) is 0 Å². The zero-order valence-electron chi connectivity index (χ0n) is 23.7. The number of rotatable bonds is 8. The predicted molar refractivity (Wildman–Crippen MR) is 155 cm³/mol. The van der Waals surface area contributed by atoms with Crippen molar-refractivity contribution in [1.82, 2.24) is 4.57 Å². The Bertz CT molecular complexity index is 1650. The van der Waals surface area contributed by atoms with Gasteiger partial charge in [-0.05, 0) is 54.3 Å². The van der Waals surface area contributed by atoms with Gasteiger partial charge in [0.15, 0.2) is 16.3 Å². The molecule has 0 fully saturated rings. The molecule has 2 aromatic carbocycles. The second-order valence-electron chi connectivity index (χ2n) is 10.1. The number of ether oxygens (including phenoxy) is 3. The van der Waals surface area contributed by atoms with E-state index in [0.29, 0.717) is 26.3 Å². The van der Waals surface area contributed by atoms with E-state index < -0.39 is 18.0 Å². The molecular weight excluding hydrogens is 530 g/mol. The highest BCUT2D eigenvalue weighted by Crippen LogP contribution is 2.36. The molecule has 0 spiro atoms. The van der Waals surface area contributed by atoms with Crippen LogP contribution in [0.4, 0.5) is 5.69 Å². The quantitative estimate of drug-likeness (QED) is 0.306. The van der Waals surface area contributed by atoms with Gasteiger partial charge in [0.25, 0.3) is 5.56 Å². The summed E-state index contributed by atoms with van der Waals surface area (Å²) in [5.74, 6) is -0.383. The summed E-state index contributed by atoms with van der Waals surface area (Å²) in [6.07, 6.45) is 1.82. The molecule has 0 unspecified atom stereocenters. The van der Waals surface area contributed by atoms with Crippen molar-refractivity contribution in [3.05, 3.63) is 84.5 Å². The first-order chi connectivity index (χ1) is 19.0. The maximum atomic E-state index is 13.9. The van der Waals surface area contributed by atoms with Crippen LogP contribution in [0.15, 0.2) is 63.5 Å². The zero-order valence-corrected chi connectivity index (χ0v) is 24.5. The molecule has 0 N–H and O–H groups in total. The number of carbonyl (C=O) groups excluding carboxylic acids is 2. The van der Waals surface area contributed by atoms with Crippen LogP contribution in [0.25, 0.3) is 6.08 Å². The van der Waals surface area contributed by atoms with E-state index in [1.54, 1.807) is 25.1 Å². The smallest absolute Gasteiger partial charge is 0.338 e. The number of hydrogen-bond acceptors (Lipinski definition) is 9. The summed E-state index contributed by atoms with van der Waals surface area (Å²) in [4.78, 5) is 46.0. The van der Waals surface area contributed by atoms with Crippen LogP contribution in [0.3, 0.4) is 0 Å². The Balaban J connectivity index is 1.90. The molecule has 0 radical (unpaired) electrons. The Kier molecular flexibility index (Phi) is 8.58. The maximum Gasteiger partial charge on any atom is 0.338 e. The van der Waals surface area contributed by atoms with Gasteiger partial charge in [0.2, 0.25) is 0 Å². The lowest BCUT2D eigenvalue weighted by molar-refractivity contribution is -0.140. The second kappa shape index (κ2) is 11.9. The number of hydrogen-bond donors (Lipinski definition) is 0. The van der Waals surface area contributed by atoms with E-state index in [4.69, 9.17) is 14.2 Å². The minimum Gasteiger partial charge on any atom is -0.493 e. The van der Waals surface area contributed by atoms with E-state index in [9.17, 15) is 14.4 Å². The van der Waals surface area contributed by atoms with Gasteiger partial charge in [0, 0.05) is 26.7 Å². The van der Waals surface area contributed by atoms with E-state index in [1.165, 1.54) is 29.9 Å². The molecule has 9 nitrogen and oxygen atoms in total. The summed E-state index contributed by atoms with van der Waals surface area (Å²) in [5, 5.41) is 0. The number of thiazole rings is 1. The summed E-state index contributed by atoms with van der Waals surface area (Å²) >= 11 is 1.25. The molecule has 1 aliphatic rings.